The van der Waals surface area contributed by atoms with Gasteiger partial charge >= 0.3 is 0 Å². The van der Waals surface area contributed by atoms with E-state index in [0.717, 1.165) is 36.6 Å². The van der Waals surface area contributed by atoms with Gasteiger partial charge in [-0.25, -0.2) is 0 Å². The summed E-state index contributed by atoms with van der Waals surface area (Å²) >= 11 is 1.38. The molecule has 4 unspecified atom stereocenters. The summed E-state index contributed by atoms with van der Waals surface area (Å²) in [7, 11) is 0. The summed E-state index contributed by atoms with van der Waals surface area (Å²) in [5.41, 5.74) is 0.753. The minimum Gasteiger partial charge on any atom is -0.353 e. The second kappa shape index (κ2) is 9.49. The molecule has 2 aliphatic rings. The van der Waals surface area contributed by atoms with Gasteiger partial charge in [0.25, 0.3) is 5.56 Å². The van der Waals surface area contributed by atoms with Crippen LogP contribution in [-0.2, 0) is 11.3 Å². The summed E-state index contributed by atoms with van der Waals surface area (Å²) in [6, 6.07) is 7.79. The number of thioether (sulfide) groups is 1. The number of hydrogen-bond acceptors (Lipinski definition) is 5. The van der Waals surface area contributed by atoms with Gasteiger partial charge in [0.1, 0.15) is 0 Å². The number of nitrogens with zero attached hydrogens (tertiary/aromatic N) is 4. The predicted molar refractivity (Wildman–Crippen MR) is 132 cm³/mol. The summed E-state index contributed by atoms with van der Waals surface area (Å²) in [5.74, 6) is 3.15. The number of carbonyl (C=O) groups is 1. The maximum absolute atomic E-state index is 13.1. The number of amides is 1. The van der Waals surface area contributed by atoms with Crippen LogP contribution in [0.1, 0.15) is 58.8 Å². The van der Waals surface area contributed by atoms with Crippen molar-refractivity contribution in [2.24, 2.45) is 17.8 Å². The smallest absolute Gasteiger partial charge is 0.262 e. The number of aromatic nitrogens is 4. The average molecular weight is 468 g/mol. The number of unbranched alkanes of at least 4 members (excludes halogenated alkanes) is 2. The zero-order valence-electron chi connectivity index (χ0n) is 19.5. The third-order valence-corrected chi connectivity index (χ3v) is 8.55. The lowest BCUT2D eigenvalue weighted by Gasteiger charge is -2.28. The van der Waals surface area contributed by atoms with E-state index in [9.17, 15) is 9.59 Å². The number of para-hydroxylation sites is 1. The van der Waals surface area contributed by atoms with E-state index in [2.05, 4.69) is 29.4 Å². The molecular weight excluding hydrogens is 434 g/mol. The van der Waals surface area contributed by atoms with Crippen LogP contribution < -0.4 is 10.9 Å². The van der Waals surface area contributed by atoms with Crippen LogP contribution in [0.4, 0.5) is 0 Å². The molecule has 4 atom stereocenters. The van der Waals surface area contributed by atoms with Crippen LogP contribution in [0.3, 0.4) is 0 Å². The SMILES string of the molecule is CCCCCn1c(=O)c2ccccc2n2c(SCC(=O)NC(C)C3CC4CCC3C4)nnc12. The van der Waals surface area contributed by atoms with Crippen LogP contribution >= 0.6 is 11.8 Å². The maximum Gasteiger partial charge on any atom is 0.262 e. The quantitative estimate of drug-likeness (QED) is 0.375. The first-order valence-corrected chi connectivity index (χ1v) is 13.3. The Kier molecular flexibility index (Phi) is 6.45. The van der Waals surface area contributed by atoms with E-state index in [1.165, 1.54) is 37.4 Å². The molecule has 176 valence electrons. The first-order chi connectivity index (χ1) is 16.1. The fraction of sp³-hybridized carbons (Fsp3) is 0.600. The van der Waals surface area contributed by atoms with Crippen molar-refractivity contribution >= 4 is 34.3 Å². The number of aryl methyl sites for hydroxylation is 1. The number of rotatable bonds is 9. The first kappa shape index (κ1) is 22.4. The van der Waals surface area contributed by atoms with Crippen LogP contribution in [0.2, 0.25) is 0 Å². The normalized spacial score (nSPS) is 22.9. The molecule has 2 aromatic heterocycles. The molecule has 0 spiro atoms. The Bertz CT molecular complexity index is 1220. The third-order valence-electron chi connectivity index (χ3n) is 7.62. The van der Waals surface area contributed by atoms with Crippen molar-refractivity contribution in [2.45, 2.75) is 76.5 Å². The Labute approximate surface area is 198 Å². The van der Waals surface area contributed by atoms with Crippen molar-refractivity contribution < 1.29 is 4.79 Å². The zero-order chi connectivity index (χ0) is 22.9. The Balaban J connectivity index is 1.35. The molecule has 33 heavy (non-hydrogen) atoms. The minimum absolute atomic E-state index is 0.0319. The first-order valence-electron chi connectivity index (χ1n) is 12.4. The van der Waals surface area contributed by atoms with Gasteiger partial charge in [-0.1, -0.05) is 50.1 Å². The predicted octanol–water partition coefficient (Wildman–Crippen LogP) is 4.27. The van der Waals surface area contributed by atoms with Gasteiger partial charge in [0, 0.05) is 12.6 Å². The topological polar surface area (TPSA) is 81.3 Å². The fourth-order valence-corrected chi connectivity index (χ4v) is 6.74. The van der Waals surface area contributed by atoms with Crippen molar-refractivity contribution in [1.82, 2.24) is 24.5 Å². The molecule has 3 aromatic rings. The van der Waals surface area contributed by atoms with Gasteiger partial charge in [0.2, 0.25) is 11.7 Å². The number of hydrogen-bond donors (Lipinski definition) is 1. The molecule has 8 heteroatoms. The van der Waals surface area contributed by atoms with E-state index in [-0.39, 0.29) is 23.3 Å². The fourth-order valence-electron chi connectivity index (χ4n) is 5.99. The number of benzene rings is 1. The number of fused-ring (bicyclic) bond motifs is 5. The molecule has 2 aliphatic carbocycles. The van der Waals surface area contributed by atoms with Gasteiger partial charge in [-0.05, 0) is 62.5 Å². The molecule has 0 saturated heterocycles. The highest BCUT2D eigenvalue weighted by Crippen LogP contribution is 2.49. The van der Waals surface area contributed by atoms with E-state index in [4.69, 9.17) is 0 Å². The Morgan fingerprint density at radius 1 is 1.21 bits per heavy atom. The van der Waals surface area contributed by atoms with Gasteiger partial charge in [-0.3, -0.25) is 18.6 Å². The molecule has 0 aliphatic heterocycles. The average Bonchev–Trinajstić information content (AvgIpc) is 3.56. The Morgan fingerprint density at radius 2 is 2.06 bits per heavy atom. The van der Waals surface area contributed by atoms with E-state index in [0.29, 0.717) is 28.8 Å². The Morgan fingerprint density at radius 3 is 2.82 bits per heavy atom. The van der Waals surface area contributed by atoms with Gasteiger partial charge in [0.05, 0.1) is 16.7 Å². The molecule has 5 rings (SSSR count). The highest BCUT2D eigenvalue weighted by atomic mass is 32.2. The van der Waals surface area contributed by atoms with Gasteiger partial charge < -0.3 is 5.32 Å². The van der Waals surface area contributed by atoms with Gasteiger partial charge in [0.15, 0.2) is 5.16 Å². The van der Waals surface area contributed by atoms with Crippen LogP contribution in [0, 0.1) is 17.8 Å². The second-order valence-electron chi connectivity index (χ2n) is 9.78. The summed E-state index contributed by atoms with van der Waals surface area (Å²) in [5, 5.41) is 13.3. The van der Waals surface area contributed by atoms with E-state index >= 15 is 0 Å². The van der Waals surface area contributed by atoms with Crippen molar-refractivity contribution in [3.05, 3.63) is 34.6 Å². The summed E-state index contributed by atoms with van der Waals surface area (Å²) in [6.07, 6.45) is 8.36. The summed E-state index contributed by atoms with van der Waals surface area (Å²) < 4.78 is 3.66. The molecule has 2 heterocycles. The standard InChI is InChI=1S/C25H33N5O2S/c1-3-4-7-12-29-23(32)19-8-5-6-9-21(19)30-24(29)27-28-25(30)33-15-22(31)26-16(2)20-14-17-10-11-18(20)13-17/h5-6,8-9,16-18,20H,3-4,7,10-15H2,1-2H3,(H,26,31). The van der Waals surface area contributed by atoms with Crippen molar-refractivity contribution in [1.29, 1.82) is 0 Å². The van der Waals surface area contributed by atoms with E-state index < -0.39 is 0 Å². The number of nitrogens with one attached hydrogen (secondary N) is 1. The maximum atomic E-state index is 13.1. The highest BCUT2D eigenvalue weighted by molar-refractivity contribution is 7.99. The van der Waals surface area contributed by atoms with Gasteiger partial charge in [-0.15, -0.1) is 10.2 Å². The molecule has 1 aromatic carbocycles. The molecule has 1 amide bonds. The molecule has 2 fully saturated rings. The molecule has 7 nitrogen and oxygen atoms in total. The molecule has 2 saturated carbocycles. The Hall–Kier alpha value is -2.35. The van der Waals surface area contributed by atoms with Crippen LogP contribution in [-0.4, -0.2) is 36.9 Å². The lowest BCUT2D eigenvalue weighted by molar-refractivity contribution is -0.119. The largest absolute Gasteiger partial charge is 0.353 e. The zero-order valence-corrected chi connectivity index (χ0v) is 20.3. The second-order valence-corrected chi connectivity index (χ2v) is 10.7. The lowest BCUT2D eigenvalue weighted by Crippen LogP contribution is -2.40. The van der Waals surface area contributed by atoms with E-state index in [1.54, 1.807) is 4.57 Å². The molecule has 2 bridgehead atoms. The van der Waals surface area contributed by atoms with Crippen molar-refractivity contribution in [2.75, 3.05) is 5.75 Å². The third kappa shape index (κ3) is 4.29. The van der Waals surface area contributed by atoms with Crippen LogP contribution in [0.15, 0.2) is 34.2 Å². The lowest BCUT2D eigenvalue weighted by atomic mass is 9.84. The summed E-state index contributed by atoms with van der Waals surface area (Å²) in [6.45, 7) is 4.92. The monoisotopic (exact) mass is 467 g/mol. The van der Waals surface area contributed by atoms with Crippen molar-refractivity contribution in [3.63, 3.8) is 0 Å². The number of carbonyl (C=O) groups excluding carboxylic acids is 1. The van der Waals surface area contributed by atoms with Crippen LogP contribution in [0.5, 0.6) is 0 Å². The molecule has 1 N–H and O–H groups in total. The summed E-state index contributed by atoms with van der Waals surface area (Å²) in [4.78, 5) is 25.9. The van der Waals surface area contributed by atoms with Gasteiger partial charge in [-0.2, -0.15) is 0 Å². The molecule has 0 radical (unpaired) electrons. The van der Waals surface area contributed by atoms with Crippen molar-refractivity contribution in [3.8, 4) is 0 Å². The molecular formula is C25H33N5O2S. The van der Waals surface area contributed by atoms with E-state index in [1.807, 2.05) is 28.7 Å². The minimum atomic E-state index is -0.0319. The highest BCUT2D eigenvalue weighted by Gasteiger charge is 2.42. The van der Waals surface area contributed by atoms with Crippen LogP contribution in [0.25, 0.3) is 16.7 Å².